The van der Waals surface area contributed by atoms with Gasteiger partial charge in [0.1, 0.15) is 35.1 Å². The summed E-state index contributed by atoms with van der Waals surface area (Å²) < 4.78 is 1.52. The fourth-order valence-electron chi connectivity index (χ4n) is 4.66. The van der Waals surface area contributed by atoms with E-state index in [9.17, 15) is 10.5 Å². The Morgan fingerprint density at radius 1 is 0.647 bits per heavy atom. The van der Waals surface area contributed by atoms with Gasteiger partial charge in [-0.15, -0.1) is 0 Å². The number of anilines is 2. The van der Waals surface area contributed by atoms with Crippen LogP contribution in [0.3, 0.4) is 0 Å². The van der Waals surface area contributed by atoms with Crippen LogP contribution in [0, 0.1) is 35.8 Å². The van der Waals surface area contributed by atoms with E-state index in [0.717, 1.165) is 91.3 Å². The van der Waals surface area contributed by atoms with Crippen LogP contribution < -0.4 is 9.80 Å². The summed E-state index contributed by atoms with van der Waals surface area (Å²) in [6, 6.07) is 4.17. The molecule has 0 aliphatic carbocycles. The Hall–Kier alpha value is -2.34. The third-order valence-electron chi connectivity index (χ3n) is 6.22. The van der Waals surface area contributed by atoms with Gasteiger partial charge in [-0.2, -0.15) is 20.2 Å². The Labute approximate surface area is 217 Å². The summed E-state index contributed by atoms with van der Waals surface area (Å²) in [4.78, 5) is 16.4. The lowest BCUT2D eigenvalue weighted by Crippen LogP contribution is -2.32. The lowest BCUT2D eigenvalue weighted by atomic mass is 10.1. The minimum Gasteiger partial charge on any atom is -0.370 e. The van der Waals surface area contributed by atoms with E-state index in [-0.39, 0.29) is 11.4 Å². The Balaban J connectivity index is 1.76. The molecule has 1 aromatic rings. The van der Waals surface area contributed by atoms with Crippen molar-refractivity contribution >= 4 is 58.4 Å². The van der Waals surface area contributed by atoms with Gasteiger partial charge < -0.3 is 9.80 Å². The fraction of sp³-hybridized carbons (Fsp3) is 0.417. The van der Waals surface area contributed by atoms with Crippen molar-refractivity contribution in [2.75, 3.05) is 36.0 Å². The number of thioether (sulfide) groups is 4. The second-order valence-electron chi connectivity index (χ2n) is 8.24. The second kappa shape index (κ2) is 10.1. The minimum absolute atomic E-state index is 0.137. The van der Waals surface area contributed by atoms with E-state index >= 15 is 0 Å². The van der Waals surface area contributed by atoms with E-state index in [2.05, 4.69) is 31.6 Å². The molecule has 10 heteroatoms. The summed E-state index contributed by atoms with van der Waals surface area (Å²) in [7, 11) is 0. The van der Waals surface area contributed by atoms with Gasteiger partial charge in [0, 0.05) is 26.2 Å². The van der Waals surface area contributed by atoms with Crippen molar-refractivity contribution in [3.05, 3.63) is 42.7 Å². The third kappa shape index (κ3) is 4.04. The standard InChI is InChI=1S/C24H20N6S4/c1-27-22(28-2)24-33-20-16(29-9-5-3-6-10-29)18-19(32-23(31-18)15(13-25)14-26)17(21(20)34-24)30-11-7-4-8-12-30/h3-12H2. The SMILES string of the molecule is [C-]#[N+]C([N+]#[C-])=C1Sc2c(c(N3CCCCC3)c3c(c2N2CCCCC2)SC(=C(C#N)C#N)S3)S1. The van der Waals surface area contributed by atoms with Crippen molar-refractivity contribution in [2.45, 2.75) is 58.1 Å². The molecule has 0 N–H and O–H groups in total. The largest absolute Gasteiger partial charge is 0.540 e. The molecule has 170 valence electrons. The van der Waals surface area contributed by atoms with Gasteiger partial charge >= 0.3 is 5.82 Å². The molecule has 0 unspecified atom stereocenters. The number of hydrogen-bond acceptors (Lipinski definition) is 8. The summed E-state index contributed by atoms with van der Waals surface area (Å²) in [5.74, 6) is 0.137. The number of fused-ring (bicyclic) bond motifs is 2. The Bertz CT molecular complexity index is 1100. The molecule has 0 spiro atoms. The van der Waals surface area contributed by atoms with E-state index in [4.69, 9.17) is 13.1 Å². The number of rotatable bonds is 2. The summed E-state index contributed by atoms with van der Waals surface area (Å²) in [6.45, 7) is 18.9. The van der Waals surface area contributed by atoms with Crippen molar-refractivity contribution in [1.82, 2.24) is 0 Å². The van der Waals surface area contributed by atoms with Crippen molar-refractivity contribution < 1.29 is 0 Å². The minimum atomic E-state index is 0.137. The van der Waals surface area contributed by atoms with Crippen LogP contribution in [0.2, 0.25) is 0 Å². The van der Waals surface area contributed by atoms with Gasteiger partial charge in [-0.1, -0.05) is 47.0 Å². The number of benzene rings is 1. The van der Waals surface area contributed by atoms with Crippen molar-refractivity contribution in [1.29, 1.82) is 10.5 Å². The van der Waals surface area contributed by atoms with Gasteiger partial charge in [-0.05, 0) is 38.5 Å². The summed E-state index contributed by atoms with van der Waals surface area (Å²) >= 11 is 6.21. The Morgan fingerprint density at radius 2 is 1.03 bits per heavy atom. The number of piperidine rings is 2. The van der Waals surface area contributed by atoms with E-state index in [0.29, 0.717) is 0 Å². The van der Waals surface area contributed by atoms with Gasteiger partial charge in [0.15, 0.2) is 0 Å². The van der Waals surface area contributed by atoms with Gasteiger partial charge in [0.05, 0.1) is 35.2 Å². The zero-order chi connectivity index (χ0) is 23.7. The van der Waals surface area contributed by atoms with E-state index in [1.165, 1.54) is 12.8 Å². The lowest BCUT2D eigenvalue weighted by molar-refractivity contribution is 0.563. The predicted octanol–water partition coefficient (Wildman–Crippen LogP) is 7.29. The molecule has 0 saturated carbocycles. The number of nitrogens with zero attached hydrogens (tertiary/aromatic N) is 6. The summed E-state index contributed by atoms with van der Waals surface area (Å²) in [5.41, 5.74) is 2.50. The van der Waals surface area contributed by atoms with Gasteiger partial charge in [0.2, 0.25) is 0 Å². The Morgan fingerprint density at radius 3 is 1.38 bits per heavy atom. The van der Waals surface area contributed by atoms with Crippen LogP contribution in [0.1, 0.15) is 38.5 Å². The van der Waals surface area contributed by atoms with E-state index in [1.807, 2.05) is 0 Å². The molecule has 4 aliphatic heterocycles. The first kappa shape index (κ1) is 23.4. The van der Waals surface area contributed by atoms with Crippen molar-refractivity contribution in [3.63, 3.8) is 0 Å². The van der Waals surface area contributed by atoms with Gasteiger partial charge in [-0.3, -0.25) is 0 Å². The monoisotopic (exact) mass is 520 g/mol. The van der Waals surface area contributed by atoms with E-state index in [1.54, 1.807) is 47.0 Å². The molecule has 0 radical (unpaired) electrons. The molecule has 4 aliphatic rings. The van der Waals surface area contributed by atoms with Gasteiger partial charge in [-0.25, -0.2) is 0 Å². The lowest BCUT2D eigenvalue weighted by Gasteiger charge is -2.35. The van der Waals surface area contributed by atoms with Gasteiger partial charge in [0.25, 0.3) is 0 Å². The first-order valence-corrected chi connectivity index (χ1v) is 14.5. The quantitative estimate of drug-likeness (QED) is 0.298. The maximum absolute atomic E-state index is 9.57. The maximum atomic E-state index is 9.57. The van der Waals surface area contributed by atoms with E-state index < -0.39 is 0 Å². The van der Waals surface area contributed by atoms with Crippen LogP contribution in [0.15, 0.2) is 39.5 Å². The molecule has 0 atom stereocenters. The molecule has 4 heterocycles. The van der Waals surface area contributed by atoms with Crippen LogP contribution in [0.5, 0.6) is 0 Å². The molecule has 0 aromatic heterocycles. The molecule has 0 bridgehead atoms. The summed E-state index contributed by atoms with van der Waals surface area (Å²) in [5, 5.41) is 19.1. The normalized spacial score (nSPS) is 18.9. The second-order valence-corrected chi connectivity index (χ2v) is 12.8. The molecule has 1 aromatic carbocycles. The first-order valence-electron chi connectivity index (χ1n) is 11.2. The average molecular weight is 521 g/mol. The van der Waals surface area contributed by atoms with Crippen LogP contribution >= 0.6 is 47.0 Å². The average Bonchev–Trinajstić information content (AvgIpc) is 3.50. The maximum Gasteiger partial charge on any atom is 0.540 e. The van der Waals surface area contributed by atoms with Crippen LogP contribution in [0.25, 0.3) is 9.69 Å². The van der Waals surface area contributed by atoms with Crippen molar-refractivity contribution in [3.8, 4) is 12.1 Å². The van der Waals surface area contributed by atoms with Crippen LogP contribution in [-0.2, 0) is 0 Å². The molecular weight excluding hydrogens is 501 g/mol. The molecule has 5 rings (SSSR count). The molecule has 0 amide bonds. The smallest absolute Gasteiger partial charge is 0.370 e. The molecular formula is C24H20N6S4. The Kier molecular flexibility index (Phi) is 6.96. The topological polar surface area (TPSA) is 62.8 Å². The molecule has 2 fully saturated rings. The number of allylic oxidation sites excluding steroid dienone is 1. The highest BCUT2D eigenvalue weighted by Crippen LogP contribution is 2.68. The van der Waals surface area contributed by atoms with Crippen molar-refractivity contribution in [2.24, 2.45) is 0 Å². The van der Waals surface area contributed by atoms with Crippen LogP contribution in [-0.4, -0.2) is 26.2 Å². The molecule has 34 heavy (non-hydrogen) atoms. The number of nitriles is 2. The number of hydrogen-bond donors (Lipinski definition) is 0. The fourth-order valence-corrected chi connectivity index (χ4v) is 10.2. The summed E-state index contributed by atoms with van der Waals surface area (Å²) in [6.07, 6.45) is 6.98. The molecule has 2 saturated heterocycles. The highest BCUT2D eigenvalue weighted by molar-refractivity contribution is 8.26. The third-order valence-corrected chi connectivity index (χ3v) is 11.4. The van der Waals surface area contributed by atoms with Crippen LogP contribution in [0.4, 0.5) is 11.4 Å². The zero-order valence-electron chi connectivity index (χ0n) is 18.4. The highest BCUT2D eigenvalue weighted by atomic mass is 32.2. The zero-order valence-corrected chi connectivity index (χ0v) is 21.7. The predicted molar refractivity (Wildman–Crippen MR) is 140 cm³/mol. The first-order chi connectivity index (χ1) is 16.7. The highest BCUT2D eigenvalue weighted by Gasteiger charge is 2.41. The molecule has 6 nitrogen and oxygen atoms in total.